The Labute approximate surface area is 166 Å². The van der Waals surface area contributed by atoms with E-state index in [2.05, 4.69) is 15.0 Å². The van der Waals surface area contributed by atoms with Crippen molar-refractivity contribution in [2.75, 3.05) is 11.9 Å². The summed E-state index contributed by atoms with van der Waals surface area (Å²) in [6, 6.07) is 13.1. The molecule has 2 aromatic carbocycles. The average Bonchev–Trinajstić information content (AvgIpc) is 3.06. The van der Waals surface area contributed by atoms with Crippen LogP contribution in [0.1, 0.15) is 24.0 Å². The molecule has 1 amide bonds. The van der Waals surface area contributed by atoms with Gasteiger partial charge in [0.25, 0.3) is 0 Å². The first kappa shape index (κ1) is 20.5. The largest absolute Gasteiger partial charge is 0.573 e. The molecule has 3 rings (SSSR count). The summed E-state index contributed by atoms with van der Waals surface area (Å²) in [6.45, 7) is 1.45. The fourth-order valence-electron chi connectivity index (χ4n) is 3.07. The Morgan fingerprint density at radius 3 is 2.52 bits per heavy atom. The number of guanidine groups is 1. The number of aliphatic imine (C=N–C) groups is 1. The van der Waals surface area contributed by atoms with Gasteiger partial charge < -0.3 is 20.7 Å². The average molecular weight is 406 g/mol. The third-order valence-electron chi connectivity index (χ3n) is 4.45. The molecule has 1 saturated heterocycles. The zero-order valence-electron chi connectivity index (χ0n) is 15.6. The van der Waals surface area contributed by atoms with Crippen molar-refractivity contribution >= 4 is 17.6 Å². The van der Waals surface area contributed by atoms with Crippen LogP contribution in [0.25, 0.3) is 0 Å². The molecule has 29 heavy (non-hydrogen) atoms. The lowest BCUT2D eigenvalue weighted by molar-refractivity contribution is -0.274. The molecule has 1 heterocycles. The van der Waals surface area contributed by atoms with Gasteiger partial charge in [-0.15, -0.1) is 13.2 Å². The second-order valence-corrected chi connectivity index (χ2v) is 6.56. The highest BCUT2D eigenvalue weighted by atomic mass is 19.4. The summed E-state index contributed by atoms with van der Waals surface area (Å²) in [5.41, 5.74) is 7.76. The van der Waals surface area contributed by atoms with Crippen LogP contribution < -0.4 is 15.8 Å². The van der Waals surface area contributed by atoms with E-state index in [0.29, 0.717) is 13.0 Å². The molecule has 9 heteroatoms. The Morgan fingerprint density at radius 1 is 1.14 bits per heavy atom. The van der Waals surface area contributed by atoms with Gasteiger partial charge in [-0.3, -0.25) is 4.79 Å². The Bertz CT molecular complexity index is 899. The summed E-state index contributed by atoms with van der Waals surface area (Å²) in [7, 11) is 0. The van der Waals surface area contributed by atoms with Crippen molar-refractivity contribution in [3.05, 3.63) is 59.7 Å². The number of nitrogens with zero attached hydrogens (tertiary/aromatic N) is 2. The molecule has 0 unspecified atom stereocenters. The van der Waals surface area contributed by atoms with Gasteiger partial charge in [0.1, 0.15) is 0 Å². The third-order valence-corrected chi connectivity index (χ3v) is 4.45. The lowest BCUT2D eigenvalue weighted by atomic mass is 10.1. The lowest BCUT2D eigenvalue weighted by Crippen LogP contribution is -2.25. The summed E-state index contributed by atoms with van der Waals surface area (Å²) >= 11 is 0. The van der Waals surface area contributed by atoms with Crippen LogP contribution in [0, 0.1) is 0 Å². The molecule has 0 aromatic heterocycles. The predicted molar refractivity (Wildman–Crippen MR) is 103 cm³/mol. The summed E-state index contributed by atoms with van der Waals surface area (Å²) in [4.78, 5) is 17.9. The van der Waals surface area contributed by atoms with Gasteiger partial charge in [0, 0.05) is 19.5 Å². The second kappa shape index (κ2) is 8.85. The number of benzene rings is 2. The number of likely N-dealkylation sites (tertiary alicyclic amines) is 1. The van der Waals surface area contributed by atoms with Gasteiger partial charge in [-0.25, -0.2) is 4.99 Å². The Hall–Kier alpha value is -3.23. The van der Waals surface area contributed by atoms with Gasteiger partial charge in [-0.2, -0.15) is 0 Å². The minimum absolute atomic E-state index is 0.0460. The standard InChI is InChI=1S/C20H21F3N4O2/c21-20(22,23)29-17-9-4-3-8-16(17)26-19(24)25-12-14-6-1-2-7-15(14)13-27-11-5-10-18(27)28/h1-4,6-9H,5,10-13H2,(H3,24,25,26). The minimum atomic E-state index is -4.81. The highest BCUT2D eigenvalue weighted by Gasteiger charge is 2.32. The molecule has 3 N–H and O–H groups in total. The summed E-state index contributed by atoms with van der Waals surface area (Å²) in [5, 5.41) is 2.64. The van der Waals surface area contributed by atoms with Crippen molar-refractivity contribution in [3.8, 4) is 5.75 Å². The number of para-hydroxylation sites is 2. The quantitative estimate of drug-likeness (QED) is 0.567. The molecule has 154 valence electrons. The van der Waals surface area contributed by atoms with E-state index in [1.54, 1.807) is 11.0 Å². The summed E-state index contributed by atoms with van der Waals surface area (Å²) < 4.78 is 41.6. The van der Waals surface area contributed by atoms with E-state index < -0.39 is 12.1 Å². The number of hydrogen-bond acceptors (Lipinski definition) is 3. The Balaban J connectivity index is 1.69. The number of hydrogen-bond donors (Lipinski definition) is 2. The van der Waals surface area contributed by atoms with Crippen LogP contribution in [0.15, 0.2) is 53.5 Å². The number of nitrogens with one attached hydrogen (secondary N) is 1. The fourth-order valence-corrected chi connectivity index (χ4v) is 3.07. The topological polar surface area (TPSA) is 80.0 Å². The van der Waals surface area contributed by atoms with Crippen molar-refractivity contribution < 1.29 is 22.7 Å². The lowest BCUT2D eigenvalue weighted by Gasteiger charge is -2.17. The van der Waals surface area contributed by atoms with Crippen LogP contribution in [-0.2, 0) is 17.9 Å². The number of rotatable bonds is 6. The fraction of sp³-hybridized carbons (Fsp3) is 0.300. The zero-order chi connectivity index (χ0) is 20.9. The van der Waals surface area contributed by atoms with Crippen LogP contribution in [0.5, 0.6) is 5.75 Å². The molecule has 1 aliphatic rings. The van der Waals surface area contributed by atoms with Crippen molar-refractivity contribution in [1.29, 1.82) is 0 Å². The van der Waals surface area contributed by atoms with Crippen molar-refractivity contribution in [2.45, 2.75) is 32.3 Å². The number of halogens is 3. The number of amides is 1. The molecule has 1 aliphatic heterocycles. The van der Waals surface area contributed by atoms with E-state index >= 15 is 0 Å². The van der Waals surface area contributed by atoms with Crippen molar-refractivity contribution in [1.82, 2.24) is 4.90 Å². The first-order chi connectivity index (χ1) is 13.8. The monoisotopic (exact) mass is 406 g/mol. The van der Waals surface area contributed by atoms with Gasteiger partial charge in [-0.1, -0.05) is 36.4 Å². The van der Waals surface area contributed by atoms with E-state index in [-0.39, 0.29) is 24.1 Å². The number of alkyl halides is 3. The minimum Gasteiger partial charge on any atom is -0.404 e. The molecule has 0 radical (unpaired) electrons. The number of carbonyl (C=O) groups is 1. The van der Waals surface area contributed by atoms with E-state index in [9.17, 15) is 18.0 Å². The molecule has 6 nitrogen and oxygen atoms in total. The second-order valence-electron chi connectivity index (χ2n) is 6.56. The molecule has 0 atom stereocenters. The number of nitrogens with two attached hydrogens (primary N) is 1. The number of ether oxygens (including phenoxy) is 1. The highest BCUT2D eigenvalue weighted by Crippen LogP contribution is 2.29. The van der Waals surface area contributed by atoms with Gasteiger partial charge in [0.2, 0.25) is 5.91 Å². The predicted octanol–water partition coefficient (Wildman–Crippen LogP) is 3.63. The third kappa shape index (κ3) is 5.87. The van der Waals surface area contributed by atoms with Crippen LogP contribution in [0.2, 0.25) is 0 Å². The normalized spacial score (nSPS) is 14.9. The van der Waals surface area contributed by atoms with E-state index in [1.807, 2.05) is 24.3 Å². The van der Waals surface area contributed by atoms with Crippen LogP contribution in [-0.4, -0.2) is 29.7 Å². The van der Waals surface area contributed by atoms with Gasteiger partial charge in [0.15, 0.2) is 11.7 Å². The molecule has 1 fully saturated rings. The van der Waals surface area contributed by atoms with Gasteiger partial charge in [0.05, 0.1) is 12.2 Å². The maximum Gasteiger partial charge on any atom is 0.573 e. The maximum absolute atomic E-state index is 12.5. The Kier molecular flexibility index (Phi) is 6.26. The van der Waals surface area contributed by atoms with E-state index in [4.69, 9.17) is 5.73 Å². The van der Waals surface area contributed by atoms with E-state index in [1.165, 1.54) is 18.2 Å². The van der Waals surface area contributed by atoms with Crippen LogP contribution in [0.4, 0.5) is 18.9 Å². The number of anilines is 1. The van der Waals surface area contributed by atoms with E-state index in [0.717, 1.165) is 24.1 Å². The molecule has 0 saturated carbocycles. The van der Waals surface area contributed by atoms with Crippen LogP contribution in [0.3, 0.4) is 0 Å². The summed E-state index contributed by atoms with van der Waals surface area (Å²) in [5.74, 6) is -0.313. The molecular formula is C20H21F3N4O2. The highest BCUT2D eigenvalue weighted by molar-refractivity contribution is 5.93. The zero-order valence-corrected chi connectivity index (χ0v) is 15.6. The van der Waals surface area contributed by atoms with Gasteiger partial charge >= 0.3 is 6.36 Å². The summed E-state index contributed by atoms with van der Waals surface area (Å²) in [6.07, 6.45) is -3.39. The first-order valence-corrected chi connectivity index (χ1v) is 9.08. The van der Waals surface area contributed by atoms with Crippen LogP contribution >= 0.6 is 0 Å². The first-order valence-electron chi connectivity index (χ1n) is 9.08. The number of carbonyl (C=O) groups excluding carboxylic acids is 1. The van der Waals surface area contributed by atoms with Crippen molar-refractivity contribution in [3.63, 3.8) is 0 Å². The molecule has 0 aliphatic carbocycles. The SMILES string of the molecule is NC(=NCc1ccccc1CN1CCCC1=O)Nc1ccccc1OC(F)(F)F. The smallest absolute Gasteiger partial charge is 0.404 e. The van der Waals surface area contributed by atoms with Crippen molar-refractivity contribution in [2.24, 2.45) is 10.7 Å². The van der Waals surface area contributed by atoms with Gasteiger partial charge in [-0.05, 0) is 29.7 Å². The molecule has 2 aromatic rings. The molecular weight excluding hydrogens is 385 g/mol. The molecule has 0 bridgehead atoms. The molecule has 0 spiro atoms. The maximum atomic E-state index is 12.5. The Morgan fingerprint density at radius 2 is 1.83 bits per heavy atom.